The second kappa shape index (κ2) is 4.58. The second-order valence-corrected chi connectivity index (χ2v) is 5.04. The maximum atomic E-state index is 5.66. The lowest BCUT2D eigenvalue weighted by Gasteiger charge is -2.05. The van der Waals surface area contributed by atoms with Crippen LogP contribution in [-0.2, 0) is 26.3 Å². The number of rotatable bonds is 3. The zero-order chi connectivity index (χ0) is 12.5. The fourth-order valence-electron chi connectivity index (χ4n) is 2.84. The highest BCUT2D eigenvalue weighted by molar-refractivity contribution is 5.67. The van der Waals surface area contributed by atoms with Crippen molar-refractivity contribution in [1.82, 2.24) is 9.78 Å². The van der Waals surface area contributed by atoms with Gasteiger partial charge in [0.25, 0.3) is 0 Å². The minimum Gasteiger partial charge on any atom is -0.330 e. The standard InChI is InChI=1S/C15H19N3/c1-18-10-14(15(17-18)7-8-16)13-6-5-11-3-2-4-12(11)9-13/h5-6,9-10H,2-4,7-8,16H2,1H3. The van der Waals surface area contributed by atoms with Gasteiger partial charge in [0, 0.05) is 25.2 Å². The lowest BCUT2D eigenvalue weighted by molar-refractivity contribution is 0.739. The summed E-state index contributed by atoms with van der Waals surface area (Å²) in [6, 6.07) is 6.83. The molecule has 3 nitrogen and oxygen atoms in total. The number of hydrogen-bond donors (Lipinski definition) is 1. The highest BCUT2D eigenvalue weighted by Gasteiger charge is 2.14. The second-order valence-electron chi connectivity index (χ2n) is 5.04. The first kappa shape index (κ1) is 11.5. The molecule has 2 N–H and O–H groups in total. The quantitative estimate of drug-likeness (QED) is 0.894. The van der Waals surface area contributed by atoms with E-state index in [2.05, 4.69) is 29.5 Å². The van der Waals surface area contributed by atoms with Crippen molar-refractivity contribution in [2.24, 2.45) is 12.8 Å². The minimum absolute atomic E-state index is 0.648. The van der Waals surface area contributed by atoms with E-state index in [-0.39, 0.29) is 0 Å². The van der Waals surface area contributed by atoms with Crippen LogP contribution in [0.2, 0.25) is 0 Å². The Morgan fingerprint density at radius 1 is 1.28 bits per heavy atom. The summed E-state index contributed by atoms with van der Waals surface area (Å²) in [5.41, 5.74) is 12.3. The van der Waals surface area contributed by atoms with Gasteiger partial charge >= 0.3 is 0 Å². The maximum absolute atomic E-state index is 5.66. The van der Waals surface area contributed by atoms with E-state index >= 15 is 0 Å². The van der Waals surface area contributed by atoms with Gasteiger partial charge in [0.2, 0.25) is 0 Å². The first-order chi connectivity index (χ1) is 8.78. The minimum atomic E-state index is 0.648. The molecule has 18 heavy (non-hydrogen) atoms. The summed E-state index contributed by atoms with van der Waals surface area (Å²) >= 11 is 0. The molecule has 0 unspecified atom stereocenters. The van der Waals surface area contributed by atoms with Gasteiger partial charge in [0.05, 0.1) is 5.69 Å². The Morgan fingerprint density at radius 2 is 2.11 bits per heavy atom. The maximum Gasteiger partial charge on any atom is 0.0715 e. The lowest BCUT2D eigenvalue weighted by Crippen LogP contribution is -2.04. The molecule has 3 heteroatoms. The van der Waals surface area contributed by atoms with E-state index in [9.17, 15) is 0 Å². The number of fused-ring (bicyclic) bond motifs is 1. The Hall–Kier alpha value is -1.61. The van der Waals surface area contributed by atoms with Gasteiger partial charge in [-0.25, -0.2) is 0 Å². The molecule has 0 amide bonds. The van der Waals surface area contributed by atoms with Gasteiger partial charge < -0.3 is 5.73 Å². The fourth-order valence-corrected chi connectivity index (χ4v) is 2.84. The zero-order valence-corrected chi connectivity index (χ0v) is 10.8. The Labute approximate surface area is 108 Å². The van der Waals surface area contributed by atoms with Crippen LogP contribution in [0.5, 0.6) is 0 Å². The average molecular weight is 241 g/mol. The molecule has 1 aromatic carbocycles. The summed E-state index contributed by atoms with van der Waals surface area (Å²) in [4.78, 5) is 0. The van der Waals surface area contributed by atoms with E-state index < -0.39 is 0 Å². The van der Waals surface area contributed by atoms with Crippen molar-refractivity contribution in [2.45, 2.75) is 25.7 Å². The first-order valence-electron chi connectivity index (χ1n) is 6.62. The van der Waals surface area contributed by atoms with Gasteiger partial charge in [0.1, 0.15) is 0 Å². The summed E-state index contributed by atoms with van der Waals surface area (Å²) < 4.78 is 1.88. The number of aromatic nitrogens is 2. The van der Waals surface area contributed by atoms with Gasteiger partial charge in [0.15, 0.2) is 0 Å². The lowest BCUT2D eigenvalue weighted by atomic mass is 10.00. The molecular formula is C15H19N3. The van der Waals surface area contributed by atoms with E-state index in [1.165, 1.54) is 41.5 Å². The van der Waals surface area contributed by atoms with Crippen LogP contribution in [0.3, 0.4) is 0 Å². The third kappa shape index (κ3) is 1.95. The van der Waals surface area contributed by atoms with Crippen LogP contribution in [0.4, 0.5) is 0 Å². The van der Waals surface area contributed by atoms with Crippen molar-refractivity contribution in [3.8, 4) is 11.1 Å². The molecule has 0 saturated carbocycles. The van der Waals surface area contributed by atoms with Crippen LogP contribution in [0.25, 0.3) is 11.1 Å². The van der Waals surface area contributed by atoms with E-state index in [1.807, 2.05) is 11.7 Å². The third-order valence-corrected chi connectivity index (χ3v) is 3.70. The Balaban J connectivity index is 2.03. The molecule has 0 radical (unpaired) electrons. The number of benzene rings is 1. The van der Waals surface area contributed by atoms with Crippen molar-refractivity contribution in [3.05, 3.63) is 41.2 Å². The summed E-state index contributed by atoms with van der Waals surface area (Å²) in [5, 5.41) is 4.51. The number of nitrogens with zero attached hydrogens (tertiary/aromatic N) is 2. The van der Waals surface area contributed by atoms with Crippen molar-refractivity contribution < 1.29 is 0 Å². The van der Waals surface area contributed by atoms with Gasteiger partial charge in [-0.05, 0) is 42.5 Å². The normalized spacial score (nSPS) is 13.9. The van der Waals surface area contributed by atoms with E-state index in [0.29, 0.717) is 6.54 Å². The highest BCUT2D eigenvalue weighted by atomic mass is 15.2. The molecule has 1 aliphatic carbocycles. The number of hydrogen-bond acceptors (Lipinski definition) is 2. The summed E-state index contributed by atoms with van der Waals surface area (Å²) in [6.45, 7) is 0.648. The van der Waals surface area contributed by atoms with E-state index in [0.717, 1.165) is 12.1 Å². The molecule has 1 aromatic heterocycles. The van der Waals surface area contributed by atoms with Crippen molar-refractivity contribution in [2.75, 3.05) is 6.54 Å². The largest absolute Gasteiger partial charge is 0.330 e. The molecule has 1 aliphatic rings. The van der Waals surface area contributed by atoms with E-state index in [1.54, 1.807) is 0 Å². The molecular weight excluding hydrogens is 222 g/mol. The molecule has 2 aromatic rings. The Morgan fingerprint density at radius 3 is 2.94 bits per heavy atom. The first-order valence-corrected chi connectivity index (χ1v) is 6.62. The smallest absolute Gasteiger partial charge is 0.0715 e. The summed E-state index contributed by atoms with van der Waals surface area (Å²) in [6.07, 6.45) is 6.68. The van der Waals surface area contributed by atoms with Crippen LogP contribution >= 0.6 is 0 Å². The highest BCUT2D eigenvalue weighted by Crippen LogP contribution is 2.29. The number of aryl methyl sites for hydroxylation is 3. The molecule has 0 bridgehead atoms. The monoisotopic (exact) mass is 241 g/mol. The van der Waals surface area contributed by atoms with E-state index in [4.69, 9.17) is 5.73 Å². The molecule has 0 fully saturated rings. The van der Waals surface area contributed by atoms with Crippen LogP contribution in [0.15, 0.2) is 24.4 Å². The van der Waals surface area contributed by atoms with Crippen LogP contribution < -0.4 is 5.73 Å². The van der Waals surface area contributed by atoms with Gasteiger partial charge in [-0.3, -0.25) is 4.68 Å². The SMILES string of the molecule is Cn1cc(-c2ccc3c(c2)CCC3)c(CCN)n1. The fraction of sp³-hybridized carbons (Fsp3) is 0.400. The van der Waals surface area contributed by atoms with Gasteiger partial charge in [-0.2, -0.15) is 5.10 Å². The molecule has 0 atom stereocenters. The average Bonchev–Trinajstić information content (AvgIpc) is 2.95. The number of nitrogens with two attached hydrogens (primary N) is 1. The zero-order valence-electron chi connectivity index (χ0n) is 10.8. The predicted octanol–water partition coefficient (Wildman–Crippen LogP) is 2.08. The van der Waals surface area contributed by atoms with Crippen LogP contribution in [0, 0.1) is 0 Å². The van der Waals surface area contributed by atoms with Gasteiger partial charge in [-0.15, -0.1) is 0 Å². The molecule has 3 rings (SSSR count). The molecule has 0 spiro atoms. The Bertz CT molecular complexity index is 569. The van der Waals surface area contributed by atoms with Crippen molar-refractivity contribution in [1.29, 1.82) is 0 Å². The van der Waals surface area contributed by atoms with Crippen molar-refractivity contribution in [3.63, 3.8) is 0 Å². The topological polar surface area (TPSA) is 43.8 Å². The third-order valence-electron chi connectivity index (χ3n) is 3.70. The summed E-state index contributed by atoms with van der Waals surface area (Å²) in [7, 11) is 1.97. The molecule has 0 saturated heterocycles. The summed E-state index contributed by atoms with van der Waals surface area (Å²) in [5.74, 6) is 0. The Kier molecular flexibility index (Phi) is 2.92. The van der Waals surface area contributed by atoms with Crippen molar-refractivity contribution >= 4 is 0 Å². The molecule has 0 aliphatic heterocycles. The molecule has 94 valence electrons. The molecule has 1 heterocycles. The van der Waals surface area contributed by atoms with Crippen LogP contribution in [0.1, 0.15) is 23.2 Å². The van der Waals surface area contributed by atoms with Crippen LogP contribution in [-0.4, -0.2) is 16.3 Å². The van der Waals surface area contributed by atoms with Gasteiger partial charge in [-0.1, -0.05) is 18.2 Å². The predicted molar refractivity (Wildman–Crippen MR) is 73.4 cm³/mol.